The molecule has 1 aromatic rings. The Bertz CT molecular complexity index is 356. The van der Waals surface area contributed by atoms with Gasteiger partial charge >= 0.3 is 0 Å². The van der Waals surface area contributed by atoms with E-state index in [1.54, 1.807) is 0 Å². The molecule has 1 aromatic carbocycles. The number of para-hydroxylation sites is 1. The average molecular weight is 233 g/mol. The highest BCUT2D eigenvalue weighted by Gasteiger charge is 2.23. The van der Waals surface area contributed by atoms with Gasteiger partial charge in [-0.2, -0.15) is 0 Å². The van der Waals surface area contributed by atoms with Crippen LogP contribution in [0.3, 0.4) is 0 Å². The molecule has 1 unspecified atom stereocenters. The Morgan fingerprint density at radius 2 is 1.82 bits per heavy atom. The van der Waals surface area contributed by atoms with Crippen molar-refractivity contribution in [2.45, 2.75) is 19.4 Å². The molecule has 0 bridgehead atoms. The first-order valence-electron chi connectivity index (χ1n) is 6.49. The van der Waals surface area contributed by atoms with Crippen molar-refractivity contribution >= 4 is 5.69 Å². The van der Waals surface area contributed by atoms with Crippen molar-refractivity contribution in [3.63, 3.8) is 0 Å². The quantitative estimate of drug-likeness (QED) is 0.810. The Hall–Kier alpha value is -1.06. The van der Waals surface area contributed by atoms with E-state index in [1.807, 2.05) is 12.1 Å². The lowest BCUT2D eigenvalue weighted by Crippen LogP contribution is -2.45. The molecule has 1 atom stereocenters. The van der Waals surface area contributed by atoms with Gasteiger partial charge in [0.15, 0.2) is 0 Å². The number of benzene rings is 1. The second kappa shape index (κ2) is 5.52. The molecule has 94 valence electrons. The third kappa shape index (κ3) is 2.79. The summed E-state index contributed by atoms with van der Waals surface area (Å²) >= 11 is 0. The maximum absolute atomic E-state index is 6.09. The second-order valence-corrected chi connectivity index (χ2v) is 4.89. The molecule has 17 heavy (non-hydrogen) atoms. The van der Waals surface area contributed by atoms with Crippen LogP contribution in [0.15, 0.2) is 24.3 Å². The molecule has 0 saturated carbocycles. The number of hydrogen-bond donors (Lipinski definition) is 1. The van der Waals surface area contributed by atoms with E-state index in [0.29, 0.717) is 6.04 Å². The monoisotopic (exact) mass is 233 g/mol. The van der Waals surface area contributed by atoms with Crippen LogP contribution in [-0.2, 0) is 0 Å². The Balaban J connectivity index is 2.14. The van der Waals surface area contributed by atoms with Crippen LogP contribution < -0.4 is 5.73 Å². The Labute approximate surface area is 104 Å². The molecule has 1 fully saturated rings. The first kappa shape index (κ1) is 12.4. The summed E-state index contributed by atoms with van der Waals surface area (Å²) in [5.74, 6) is 0. The number of piperazine rings is 1. The first-order chi connectivity index (χ1) is 8.22. The normalized spacial score (nSPS) is 20.4. The molecule has 0 amide bonds. The number of nitrogens with two attached hydrogens (primary N) is 1. The van der Waals surface area contributed by atoms with E-state index in [-0.39, 0.29) is 0 Å². The highest BCUT2D eigenvalue weighted by atomic mass is 15.3. The third-order valence-corrected chi connectivity index (χ3v) is 3.72. The fourth-order valence-electron chi connectivity index (χ4n) is 2.62. The molecule has 1 aliphatic heterocycles. The van der Waals surface area contributed by atoms with Crippen molar-refractivity contribution in [1.29, 1.82) is 0 Å². The van der Waals surface area contributed by atoms with E-state index in [2.05, 4.69) is 35.9 Å². The molecule has 0 aromatic heterocycles. The van der Waals surface area contributed by atoms with E-state index in [1.165, 1.54) is 5.56 Å². The zero-order valence-corrected chi connectivity index (χ0v) is 10.9. The standard InChI is InChI=1S/C14H23N3/c1-3-14(12-6-4-5-7-13(12)15)17-10-8-16(2)9-11-17/h4-7,14H,3,8-11,15H2,1-2H3. The fourth-order valence-corrected chi connectivity index (χ4v) is 2.62. The number of anilines is 1. The maximum atomic E-state index is 6.09. The number of hydrogen-bond acceptors (Lipinski definition) is 3. The lowest BCUT2D eigenvalue weighted by Gasteiger charge is -2.38. The van der Waals surface area contributed by atoms with Gasteiger partial charge < -0.3 is 10.6 Å². The van der Waals surface area contributed by atoms with Gasteiger partial charge in [0.05, 0.1) is 0 Å². The van der Waals surface area contributed by atoms with Crippen LogP contribution in [-0.4, -0.2) is 43.0 Å². The van der Waals surface area contributed by atoms with E-state index in [9.17, 15) is 0 Å². The second-order valence-electron chi connectivity index (χ2n) is 4.89. The van der Waals surface area contributed by atoms with Gasteiger partial charge in [0.2, 0.25) is 0 Å². The summed E-state index contributed by atoms with van der Waals surface area (Å²) in [6.07, 6.45) is 1.12. The molecule has 0 radical (unpaired) electrons. The number of nitrogen functional groups attached to an aromatic ring is 1. The van der Waals surface area contributed by atoms with Gasteiger partial charge in [-0.1, -0.05) is 25.1 Å². The highest BCUT2D eigenvalue weighted by molar-refractivity contribution is 5.48. The SMILES string of the molecule is CCC(c1ccccc1N)N1CCN(C)CC1. The molecule has 1 aliphatic rings. The van der Waals surface area contributed by atoms with Gasteiger partial charge in [0.1, 0.15) is 0 Å². The van der Waals surface area contributed by atoms with Gasteiger partial charge in [-0.15, -0.1) is 0 Å². The van der Waals surface area contributed by atoms with Gasteiger partial charge in [-0.05, 0) is 25.1 Å². The van der Waals surface area contributed by atoms with E-state index < -0.39 is 0 Å². The molecule has 2 rings (SSSR count). The van der Waals surface area contributed by atoms with E-state index in [4.69, 9.17) is 5.73 Å². The zero-order chi connectivity index (χ0) is 12.3. The molecule has 3 heteroatoms. The minimum atomic E-state index is 0.477. The van der Waals surface area contributed by atoms with Crippen molar-refractivity contribution in [2.24, 2.45) is 0 Å². The Morgan fingerprint density at radius 3 is 2.41 bits per heavy atom. The first-order valence-corrected chi connectivity index (χ1v) is 6.49. The van der Waals surface area contributed by atoms with Crippen molar-refractivity contribution < 1.29 is 0 Å². The summed E-state index contributed by atoms with van der Waals surface area (Å²) in [5, 5.41) is 0. The summed E-state index contributed by atoms with van der Waals surface area (Å²) in [6.45, 7) is 6.84. The summed E-state index contributed by atoms with van der Waals surface area (Å²) < 4.78 is 0. The molecular formula is C14H23N3. The van der Waals surface area contributed by atoms with Crippen molar-refractivity contribution in [3.8, 4) is 0 Å². The Morgan fingerprint density at radius 1 is 1.18 bits per heavy atom. The molecule has 3 nitrogen and oxygen atoms in total. The summed E-state index contributed by atoms with van der Waals surface area (Å²) in [7, 11) is 2.19. The average Bonchev–Trinajstić information content (AvgIpc) is 2.35. The van der Waals surface area contributed by atoms with E-state index >= 15 is 0 Å². The van der Waals surface area contributed by atoms with Crippen LogP contribution >= 0.6 is 0 Å². The van der Waals surface area contributed by atoms with Gasteiger partial charge in [-0.3, -0.25) is 4.90 Å². The van der Waals surface area contributed by atoms with Crippen LogP contribution in [0.2, 0.25) is 0 Å². The third-order valence-electron chi connectivity index (χ3n) is 3.72. The molecule has 0 spiro atoms. The van der Waals surface area contributed by atoms with Crippen molar-refractivity contribution in [3.05, 3.63) is 29.8 Å². The smallest absolute Gasteiger partial charge is 0.0366 e. The molecule has 2 N–H and O–H groups in total. The van der Waals surface area contributed by atoms with Crippen molar-refractivity contribution in [2.75, 3.05) is 39.0 Å². The lowest BCUT2D eigenvalue weighted by atomic mass is 10.00. The van der Waals surface area contributed by atoms with Crippen LogP contribution in [0, 0.1) is 0 Å². The minimum Gasteiger partial charge on any atom is -0.398 e. The predicted molar refractivity (Wildman–Crippen MR) is 73.0 cm³/mol. The van der Waals surface area contributed by atoms with Crippen LogP contribution in [0.25, 0.3) is 0 Å². The highest BCUT2D eigenvalue weighted by Crippen LogP contribution is 2.29. The summed E-state index contributed by atoms with van der Waals surface area (Å²) in [6, 6.07) is 8.75. The lowest BCUT2D eigenvalue weighted by molar-refractivity contribution is 0.109. The largest absolute Gasteiger partial charge is 0.398 e. The Kier molecular flexibility index (Phi) is 4.02. The van der Waals surface area contributed by atoms with Gasteiger partial charge in [0, 0.05) is 37.9 Å². The predicted octanol–water partition coefficient (Wildman–Crippen LogP) is 1.97. The van der Waals surface area contributed by atoms with Crippen LogP contribution in [0.5, 0.6) is 0 Å². The fraction of sp³-hybridized carbons (Fsp3) is 0.571. The van der Waals surface area contributed by atoms with Crippen LogP contribution in [0.1, 0.15) is 24.9 Å². The minimum absolute atomic E-state index is 0.477. The number of likely N-dealkylation sites (N-methyl/N-ethyl adjacent to an activating group) is 1. The molecule has 1 heterocycles. The number of nitrogens with zero attached hydrogens (tertiary/aromatic N) is 2. The molecule has 0 aliphatic carbocycles. The maximum Gasteiger partial charge on any atom is 0.0366 e. The van der Waals surface area contributed by atoms with Gasteiger partial charge in [-0.25, -0.2) is 0 Å². The number of rotatable bonds is 3. The van der Waals surface area contributed by atoms with Crippen molar-refractivity contribution in [1.82, 2.24) is 9.80 Å². The molecular weight excluding hydrogens is 210 g/mol. The summed E-state index contributed by atoms with van der Waals surface area (Å²) in [5.41, 5.74) is 8.31. The molecule has 1 saturated heterocycles. The van der Waals surface area contributed by atoms with E-state index in [0.717, 1.165) is 38.3 Å². The summed E-state index contributed by atoms with van der Waals surface area (Å²) in [4.78, 5) is 4.95. The van der Waals surface area contributed by atoms with Crippen LogP contribution in [0.4, 0.5) is 5.69 Å². The van der Waals surface area contributed by atoms with Gasteiger partial charge in [0.25, 0.3) is 0 Å². The zero-order valence-electron chi connectivity index (χ0n) is 10.9. The topological polar surface area (TPSA) is 32.5 Å².